The Balaban J connectivity index is 0.000000794. The lowest BCUT2D eigenvalue weighted by atomic mass is 10.1. The SMILES string of the molecule is CC(=O)[O-].COc1cc(-c2nn(C3CC[NH2+]CC3)c3ncnc(N)c23)ccc1NC(=O)c1cc2c(O)cccc2[nH]1. The summed E-state index contributed by atoms with van der Waals surface area (Å²) in [4.78, 5) is 33.6. The number of ether oxygens (including phenoxy) is 1. The molecule has 1 saturated heterocycles. The zero-order chi connectivity index (χ0) is 29.1. The van der Waals surface area contributed by atoms with Gasteiger partial charge in [0.2, 0.25) is 0 Å². The van der Waals surface area contributed by atoms with Crippen LogP contribution in [0.1, 0.15) is 36.3 Å². The van der Waals surface area contributed by atoms with Crippen molar-refractivity contribution in [2.75, 3.05) is 31.2 Å². The molecule has 2 aromatic carbocycles. The van der Waals surface area contributed by atoms with Crippen LogP contribution in [0.25, 0.3) is 33.2 Å². The molecule has 0 bridgehead atoms. The second kappa shape index (κ2) is 11.5. The third kappa shape index (κ3) is 5.61. The summed E-state index contributed by atoms with van der Waals surface area (Å²) < 4.78 is 7.60. The second-order valence-electron chi connectivity index (χ2n) is 9.63. The number of quaternary nitrogens is 1. The highest BCUT2D eigenvalue weighted by Gasteiger charge is 2.25. The van der Waals surface area contributed by atoms with E-state index in [0.29, 0.717) is 50.6 Å². The lowest BCUT2D eigenvalue weighted by Crippen LogP contribution is -2.86. The number of phenolic OH excluding ortho intramolecular Hbond substituents is 1. The molecule has 5 aromatic rings. The summed E-state index contributed by atoms with van der Waals surface area (Å²) in [5.41, 5.74) is 9.94. The Morgan fingerprint density at radius 2 is 1.95 bits per heavy atom. The molecule has 4 heterocycles. The molecule has 6 rings (SSSR count). The number of hydrogen-bond donors (Lipinski definition) is 5. The van der Waals surface area contributed by atoms with Gasteiger partial charge in [-0.05, 0) is 37.3 Å². The highest BCUT2D eigenvalue weighted by Crippen LogP contribution is 2.37. The van der Waals surface area contributed by atoms with Gasteiger partial charge in [-0.2, -0.15) is 5.10 Å². The number of fused-ring (bicyclic) bond motifs is 2. The number of rotatable bonds is 5. The molecule has 1 fully saturated rings. The lowest BCUT2D eigenvalue weighted by Gasteiger charge is -2.21. The monoisotopic (exact) mass is 558 g/mol. The molecule has 1 aliphatic rings. The van der Waals surface area contributed by atoms with Crippen molar-refractivity contribution in [3.63, 3.8) is 0 Å². The largest absolute Gasteiger partial charge is 0.550 e. The van der Waals surface area contributed by atoms with E-state index in [0.717, 1.165) is 38.4 Å². The van der Waals surface area contributed by atoms with Crippen molar-refractivity contribution in [3.05, 3.63) is 54.5 Å². The molecule has 0 aliphatic carbocycles. The molecule has 13 nitrogen and oxygen atoms in total. The van der Waals surface area contributed by atoms with Gasteiger partial charge in [-0.3, -0.25) is 4.79 Å². The molecule has 1 aliphatic heterocycles. The van der Waals surface area contributed by atoms with Crippen LogP contribution < -0.4 is 26.2 Å². The fraction of sp³-hybridized carbons (Fsp3) is 0.250. The average Bonchev–Trinajstić information content (AvgIpc) is 3.58. The maximum atomic E-state index is 13.0. The van der Waals surface area contributed by atoms with Gasteiger partial charge in [0.15, 0.2) is 5.65 Å². The number of carboxylic acid groups (broad SMARTS) is 1. The molecule has 0 saturated carbocycles. The van der Waals surface area contributed by atoms with E-state index in [2.05, 4.69) is 25.6 Å². The summed E-state index contributed by atoms with van der Waals surface area (Å²) in [6.45, 7) is 3.06. The molecular weight excluding hydrogens is 528 g/mol. The second-order valence-corrected chi connectivity index (χ2v) is 9.63. The van der Waals surface area contributed by atoms with Crippen LogP contribution in [0.3, 0.4) is 0 Å². The molecule has 0 radical (unpaired) electrons. The molecule has 212 valence electrons. The van der Waals surface area contributed by atoms with Crippen molar-refractivity contribution in [1.29, 1.82) is 0 Å². The van der Waals surface area contributed by atoms with Gasteiger partial charge < -0.3 is 41.1 Å². The van der Waals surface area contributed by atoms with Gasteiger partial charge in [-0.15, -0.1) is 0 Å². The van der Waals surface area contributed by atoms with Crippen LogP contribution in [0.15, 0.2) is 48.8 Å². The van der Waals surface area contributed by atoms with E-state index in [4.69, 9.17) is 25.5 Å². The molecule has 0 unspecified atom stereocenters. The number of carbonyl (C=O) groups excluding carboxylic acids is 2. The van der Waals surface area contributed by atoms with Crippen LogP contribution in [-0.4, -0.2) is 61.9 Å². The predicted octanol–water partition coefficient (Wildman–Crippen LogP) is 1.18. The van der Waals surface area contributed by atoms with Gasteiger partial charge in [-0.25, -0.2) is 14.6 Å². The Morgan fingerprint density at radius 1 is 1.20 bits per heavy atom. The molecule has 0 atom stereocenters. The minimum atomic E-state index is -1.08. The Morgan fingerprint density at radius 3 is 2.66 bits per heavy atom. The summed E-state index contributed by atoms with van der Waals surface area (Å²) in [6.07, 6.45) is 3.47. The fourth-order valence-corrected chi connectivity index (χ4v) is 5.00. The molecule has 1 amide bonds. The zero-order valence-electron chi connectivity index (χ0n) is 22.5. The minimum Gasteiger partial charge on any atom is -0.550 e. The van der Waals surface area contributed by atoms with Crippen molar-refractivity contribution in [2.24, 2.45) is 0 Å². The number of hydrogen-bond acceptors (Lipinski definition) is 9. The van der Waals surface area contributed by atoms with E-state index >= 15 is 0 Å². The van der Waals surface area contributed by atoms with Crippen molar-refractivity contribution in [1.82, 2.24) is 24.7 Å². The molecular formula is C28H30N8O5. The Kier molecular flexibility index (Phi) is 7.70. The Hall–Kier alpha value is -5.17. The highest BCUT2D eigenvalue weighted by molar-refractivity contribution is 6.07. The number of amides is 1. The van der Waals surface area contributed by atoms with E-state index < -0.39 is 5.97 Å². The molecule has 0 spiro atoms. The zero-order valence-corrected chi connectivity index (χ0v) is 22.5. The van der Waals surface area contributed by atoms with E-state index in [1.165, 1.54) is 6.33 Å². The Labute approximate surface area is 234 Å². The minimum absolute atomic E-state index is 0.107. The number of benzene rings is 2. The van der Waals surface area contributed by atoms with Crippen molar-refractivity contribution < 1.29 is 29.9 Å². The number of nitrogen functional groups attached to an aromatic ring is 1. The number of H-pyrrole nitrogens is 1. The summed E-state index contributed by atoms with van der Waals surface area (Å²) in [5, 5.41) is 30.4. The maximum absolute atomic E-state index is 13.0. The smallest absolute Gasteiger partial charge is 0.272 e. The van der Waals surface area contributed by atoms with E-state index in [9.17, 15) is 9.90 Å². The first kappa shape index (κ1) is 27.4. The molecule has 3 aromatic heterocycles. The van der Waals surface area contributed by atoms with Gasteiger partial charge in [0.25, 0.3) is 5.91 Å². The number of carboxylic acids is 1. The molecule has 7 N–H and O–H groups in total. The van der Waals surface area contributed by atoms with E-state index in [1.807, 2.05) is 16.8 Å². The van der Waals surface area contributed by atoms with Gasteiger partial charge in [0, 0.05) is 35.3 Å². The van der Waals surface area contributed by atoms with Crippen LogP contribution in [0.2, 0.25) is 0 Å². The third-order valence-corrected chi connectivity index (χ3v) is 6.88. The van der Waals surface area contributed by atoms with Gasteiger partial charge in [0.1, 0.15) is 35.0 Å². The predicted molar refractivity (Wildman–Crippen MR) is 150 cm³/mol. The number of aliphatic carboxylic acids is 1. The normalized spacial score (nSPS) is 13.5. The first-order valence-corrected chi connectivity index (χ1v) is 13.0. The molecule has 13 heteroatoms. The van der Waals surface area contributed by atoms with Crippen molar-refractivity contribution in [2.45, 2.75) is 25.8 Å². The number of carbonyl (C=O) groups is 2. The summed E-state index contributed by atoms with van der Waals surface area (Å²) in [7, 11) is 1.54. The number of aromatic hydroxyl groups is 1. The van der Waals surface area contributed by atoms with E-state index in [1.54, 1.807) is 37.4 Å². The first-order chi connectivity index (χ1) is 19.8. The van der Waals surface area contributed by atoms with Gasteiger partial charge in [0.05, 0.1) is 37.3 Å². The van der Waals surface area contributed by atoms with Gasteiger partial charge >= 0.3 is 0 Å². The number of aromatic amines is 1. The van der Waals surface area contributed by atoms with Crippen LogP contribution in [-0.2, 0) is 4.79 Å². The Bertz CT molecular complexity index is 1730. The van der Waals surface area contributed by atoms with Crippen LogP contribution in [0, 0.1) is 0 Å². The number of anilines is 2. The number of phenols is 1. The standard InChI is InChI=1S/C26H26N8O3.C2H4O2/c1-37-21-11-14(5-6-18(21)32-26(36)19-12-16-17(31-19)3-2-4-20(16)35)23-22-24(27)29-13-30-25(22)34(33-23)15-7-9-28-10-8-15;1-2(3)4/h2-6,11-13,15,28,31,35H,7-10H2,1H3,(H,32,36)(H2,27,29,30);1H3,(H,3,4). The average molecular weight is 559 g/mol. The van der Waals surface area contributed by atoms with Crippen molar-refractivity contribution >= 4 is 45.3 Å². The maximum Gasteiger partial charge on any atom is 0.272 e. The highest BCUT2D eigenvalue weighted by atomic mass is 16.5. The third-order valence-electron chi connectivity index (χ3n) is 6.88. The number of aromatic nitrogens is 5. The number of nitrogens with two attached hydrogens (primary N) is 2. The van der Waals surface area contributed by atoms with Crippen molar-refractivity contribution in [3.8, 4) is 22.8 Å². The van der Waals surface area contributed by atoms with Crippen LogP contribution in [0.5, 0.6) is 11.5 Å². The number of nitrogens with one attached hydrogen (secondary N) is 2. The number of nitrogens with zero attached hydrogens (tertiary/aromatic N) is 4. The summed E-state index contributed by atoms with van der Waals surface area (Å²) in [5.74, 6) is -0.499. The lowest BCUT2D eigenvalue weighted by molar-refractivity contribution is -0.664. The van der Waals surface area contributed by atoms with Crippen LogP contribution >= 0.6 is 0 Å². The van der Waals surface area contributed by atoms with Gasteiger partial charge in [-0.1, -0.05) is 12.1 Å². The molecule has 41 heavy (non-hydrogen) atoms. The number of piperidine rings is 1. The summed E-state index contributed by atoms with van der Waals surface area (Å²) in [6, 6.07) is 12.4. The quantitative estimate of drug-likeness (QED) is 0.210. The topological polar surface area (TPSA) is 201 Å². The first-order valence-electron chi connectivity index (χ1n) is 13.0. The van der Waals surface area contributed by atoms with Crippen LogP contribution in [0.4, 0.5) is 11.5 Å². The number of methoxy groups -OCH3 is 1. The van der Waals surface area contributed by atoms with E-state index in [-0.39, 0.29) is 17.7 Å². The fourth-order valence-electron chi connectivity index (χ4n) is 5.00. The summed E-state index contributed by atoms with van der Waals surface area (Å²) >= 11 is 0.